The maximum Gasteiger partial charge on any atom is 0.182 e. The molecule has 0 spiro atoms. The highest BCUT2D eigenvalue weighted by Crippen LogP contribution is 1.35. The second-order valence-electron chi connectivity index (χ2n) is 0.644. The molecule has 0 aromatic carbocycles. The number of carbonyl (C=O) groups is 3. The summed E-state index contributed by atoms with van der Waals surface area (Å²) in [6.45, 7) is 3.11. The van der Waals surface area contributed by atoms with Gasteiger partial charge in [-0.15, -0.1) is 0 Å². The maximum absolute atomic E-state index is 9.06. The molecule has 0 fully saturated rings. The van der Waals surface area contributed by atoms with E-state index in [1.54, 1.807) is 0 Å². The van der Waals surface area contributed by atoms with Gasteiger partial charge in [-0.3, -0.25) is 14.4 Å². The second kappa shape index (κ2) is 17.2. The Morgan fingerprint density at radius 3 is 1.12 bits per heavy atom. The van der Waals surface area contributed by atoms with Gasteiger partial charge in [0.15, 0.2) is 12.6 Å². The summed E-state index contributed by atoms with van der Waals surface area (Å²) in [5, 5.41) is 0. The molecule has 0 radical (unpaired) electrons. The molecule has 8 heavy (non-hydrogen) atoms. The highest BCUT2D eigenvalue weighted by Gasteiger charge is 1.47. The molecule has 0 heterocycles. The Hall–Kier alpha value is -1.25. The fourth-order valence-corrected chi connectivity index (χ4v) is 0. The Morgan fingerprint density at radius 1 is 0.875 bits per heavy atom. The lowest BCUT2D eigenvalue weighted by Gasteiger charge is -1.37. The van der Waals surface area contributed by atoms with Crippen molar-refractivity contribution in [2.75, 3.05) is 0 Å². The van der Waals surface area contributed by atoms with E-state index in [2.05, 4.69) is 6.58 Å². The minimum absolute atomic E-state index is 0.194. The van der Waals surface area contributed by atoms with Crippen molar-refractivity contribution < 1.29 is 14.4 Å². The molecule has 0 aliphatic rings. The number of hydrogen-bond acceptors (Lipinski definition) is 3. The van der Waals surface area contributed by atoms with Gasteiger partial charge in [0.1, 0.15) is 6.29 Å². The molecule has 0 aromatic heterocycles. The standard InChI is InChI=1S/C3H4O.C2H2O2/c1-2-3-4;3-1-2-4/h2-3H,1H2;1-2H. The third kappa shape index (κ3) is 119. The first-order valence-corrected chi connectivity index (χ1v) is 1.78. The molecule has 0 rings (SSSR count). The molecule has 0 aliphatic carbocycles. The SMILES string of the molecule is C=CC=O.O=CC=O. The Labute approximate surface area is 47.0 Å². The van der Waals surface area contributed by atoms with E-state index in [0.717, 1.165) is 0 Å². The first kappa shape index (κ1) is 9.89. The van der Waals surface area contributed by atoms with Crippen molar-refractivity contribution in [3.05, 3.63) is 12.7 Å². The zero-order valence-electron chi connectivity index (χ0n) is 4.24. The van der Waals surface area contributed by atoms with E-state index in [4.69, 9.17) is 14.4 Å². The lowest BCUT2D eigenvalue weighted by atomic mass is 10.8. The minimum Gasteiger partial charge on any atom is -0.299 e. The van der Waals surface area contributed by atoms with Crippen LogP contribution in [0, 0.1) is 0 Å². The molecule has 0 unspecified atom stereocenters. The highest BCUT2D eigenvalue weighted by atomic mass is 16.2. The van der Waals surface area contributed by atoms with Gasteiger partial charge in [0.25, 0.3) is 0 Å². The van der Waals surface area contributed by atoms with Gasteiger partial charge in [-0.05, 0) is 6.08 Å². The van der Waals surface area contributed by atoms with Crippen LogP contribution in [0.1, 0.15) is 0 Å². The van der Waals surface area contributed by atoms with Crippen LogP contribution in [0.5, 0.6) is 0 Å². The van der Waals surface area contributed by atoms with E-state index in [9.17, 15) is 0 Å². The summed E-state index contributed by atoms with van der Waals surface area (Å²) in [6, 6.07) is 0. The van der Waals surface area contributed by atoms with Crippen LogP contribution in [-0.4, -0.2) is 18.9 Å². The van der Waals surface area contributed by atoms with Gasteiger partial charge in [-0.25, -0.2) is 0 Å². The average Bonchev–Trinajstić information content (AvgIpc) is 1.88. The fourth-order valence-electron chi connectivity index (χ4n) is 0. The zero-order valence-corrected chi connectivity index (χ0v) is 4.24. The average molecular weight is 114 g/mol. The Kier molecular flexibility index (Phi) is 21.2. The largest absolute Gasteiger partial charge is 0.299 e. The fraction of sp³-hybridized carbons (Fsp3) is 0. The molecule has 0 aromatic rings. The van der Waals surface area contributed by atoms with Crippen molar-refractivity contribution >= 4 is 18.9 Å². The van der Waals surface area contributed by atoms with Gasteiger partial charge in [-0.1, -0.05) is 6.58 Å². The van der Waals surface area contributed by atoms with E-state index < -0.39 is 0 Å². The molecule has 3 heteroatoms. The molecular formula is C5H6O3. The van der Waals surface area contributed by atoms with Gasteiger partial charge >= 0.3 is 0 Å². The van der Waals surface area contributed by atoms with Crippen molar-refractivity contribution in [3.63, 3.8) is 0 Å². The quantitative estimate of drug-likeness (QED) is 0.282. The molecule has 3 nitrogen and oxygen atoms in total. The molecule has 0 saturated heterocycles. The summed E-state index contributed by atoms with van der Waals surface area (Å²) in [7, 11) is 0. The first-order valence-electron chi connectivity index (χ1n) is 1.78. The Morgan fingerprint density at radius 2 is 1.12 bits per heavy atom. The van der Waals surface area contributed by atoms with E-state index in [1.807, 2.05) is 0 Å². The molecule has 0 N–H and O–H groups in total. The van der Waals surface area contributed by atoms with Crippen LogP contribution in [0.15, 0.2) is 12.7 Å². The summed E-state index contributed by atoms with van der Waals surface area (Å²) in [5.41, 5.74) is 0. The molecule has 0 aliphatic heterocycles. The molecule has 44 valence electrons. The predicted octanol–water partition coefficient (Wildman–Crippen LogP) is -0.245. The lowest BCUT2D eigenvalue weighted by Crippen LogP contribution is -1.62. The Bertz CT molecular complexity index is 61.7. The first-order chi connectivity index (χ1) is 3.83. The molecule has 0 saturated carbocycles. The van der Waals surface area contributed by atoms with Gasteiger partial charge in [-0.2, -0.15) is 0 Å². The van der Waals surface area contributed by atoms with Crippen LogP contribution < -0.4 is 0 Å². The molecular weight excluding hydrogens is 108 g/mol. The summed E-state index contributed by atoms with van der Waals surface area (Å²) >= 11 is 0. The molecule has 0 bridgehead atoms. The van der Waals surface area contributed by atoms with E-state index >= 15 is 0 Å². The third-order valence-electron chi connectivity index (χ3n) is 0.152. The van der Waals surface area contributed by atoms with Crippen LogP contribution in [-0.2, 0) is 14.4 Å². The Balaban J connectivity index is 0. The van der Waals surface area contributed by atoms with Crippen LogP contribution >= 0.6 is 0 Å². The number of allylic oxidation sites excluding steroid dienone is 1. The summed E-state index contributed by atoms with van der Waals surface area (Å²) in [6.07, 6.45) is 2.22. The maximum atomic E-state index is 9.06. The van der Waals surface area contributed by atoms with E-state index in [0.29, 0.717) is 6.29 Å². The van der Waals surface area contributed by atoms with Crippen molar-refractivity contribution in [1.29, 1.82) is 0 Å². The third-order valence-corrected chi connectivity index (χ3v) is 0.152. The van der Waals surface area contributed by atoms with Gasteiger partial charge in [0.05, 0.1) is 0 Å². The van der Waals surface area contributed by atoms with Crippen molar-refractivity contribution in [1.82, 2.24) is 0 Å². The molecule has 0 amide bonds. The van der Waals surface area contributed by atoms with Crippen LogP contribution in [0.2, 0.25) is 0 Å². The topological polar surface area (TPSA) is 51.2 Å². The van der Waals surface area contributed by atoms with Crippen LogP contribution in [0.3, 0.4) is 0 Å². The smallest absolute Gasteiger partial charge is 0.182 e. The van der Waals surface area contributed by atoms with Crippen molar-refractivity contribution in [3.8, 4) is 0 Å². The van der Waals surface area contributed by atoms with Crippen molar-refractivity contribution in [2.45, 2.75) is 0 Å². The number of carbonyl (C=O) groups excluding carboxylic acids is 3. The monoisotopic (exact) mass is 114 g/mol. The predicted molar refractivity (Wildman–Crippen MR) is 28.4 cm³/mol. The normalized spacial score (nSPS) is 5.00. The number of aldehydes is 3. The van der Waals surface area contributed by atoms with Gasteiger partial charge in [0, 0.05) is 0 Å². The van der Waals surface area contributed by atoms with Crippen LogP contribution in [0.25, 0.3) is 0 Å². The number of hydrogen-bond donors (Lipinski definition) is 0. The summed E-state index contributed by atoms with van der Waals surface area (Å²) < 4.78 is 0. The van der Waals surface area contributed by atoms with Gasteiger partial charge in [0.2, 0.25) is 0 Å². The van der Waals surface area contributed by atoms with Crippen molar-refractivity contribution in [2.24, 2.45) is 0 Å². The van der Waals surface area contributed by atoms with Crippen LogP contribution in [0.4, 0.5) is 0 Å². The van der Waals surface area contributed by atoms with E-state index in [1.165, 1.54) is 6.08 Å². The zero-order chi connectivity index (χ0) is 6.83. The summed E-state index contributed by atoms with van der Waals surface area (Å²) in [5.74, 6) is 0. The minimum atomic E-state index is 0.194. The number of rotatable bonds is 2. The highest BCUT2D eigenvalue weighted by molar-refractivity contribution is 6.09. The van der Waals surface area contributed by atoms with E-state index in [-0.39, 0.29) is 12.6 Å². The lowest BCUT2D eigenvalue weighted by molar-refractivity contribution is -0.122. The molecule has 0 atom stereocenters. The second-order valence-corrected chi connectivity index (χ2v) is 0.644. The van der Waals surface area contributed by atoms with Gasteiger partial charge < -0.3 is 0 Å². The summed E-state index contributed by atoms with van der Waals surface area (Å²) in [4.78, 5) is 26.7.